The fraction of sp³-hybridized carbons (Fsp3) is 0.733. The Morgan fingerprint density at radius 1 is 1.39 bits per heavy atom. The van der Waals surface area contributed by atoms with Gasteiger partial charge in [0.15, 0.2) is 0 Å². The van der Waals surface area contributed by atoms with Crippen molar-refractivity contribution in [2.75, 3.05) is 0 Å². The van der Waals surface area contributed by atoms with E-state index in [4.69, 9.17) is 5.73 Å². The van der Waals surface area contributed by atoms with Gasteiger partial charge in [-0.2, -0.15) is 18.3 Å². The maximum Gasteiger partial charge on any atom is 0.408 e. The number of amides is 1. The van der Waals surface area contributed by atoms with Crippen molar-refractivity contribution in [1.82, 2.24) is 15.1 Å². The Bertz CT molecular complexity index is 564. The van der Waals surface area contributed by atoms with Crippen molar-refractivity contribution in [3.8, 4) is 0 Å². The highest BCUT2D eigenvalue weighted by Gasteiger charge is 2.32. The van der Waals surface area contributed by atoms with E-state index in [2.05, 4.69) is 10.4 Å². The summed E-state index contributed by atoms with van der Waals surface area (Å²) in [6, 6.07) is -0.468. The summed E-state index contributed by atoms with van der Waals surface area (Å²) in [6.07, 6.45) is -3.06. The van der Waals surface area contributed by atoms with Crippen molar-refractivity contribution in [2.45, 2.75) is 71.8 Å². The van der Waals surface area contributed by atoms with Gasteiger partial charge in [0.2, 0.25) is 5.91 Å². The van der Waals surface area contributed by atoms with Crippen LogP contribution in [0.5, 0.6) is 0 Å². The Morgan fingerprint density at radius 2 is 1.96 bits per heavy atom. The quantitative estimate of drug-likeness (QED) is 0.840. The molecule has 1 amide bonds. The maximum atomic E-state index is 12.6. The molecule has 0 saturated heterocycles. The van der Waals surface area contributed by atoms with Gasteiger partial charge in [0.05, 0.1) is 17.3 Å². The second kappa shape index (κ2) is 6.90. The third-order valence-corrected chi connectivity index (χ3v) is 3.84. The van der Waals surface area contributed by atoms with Crippen LogP contribution in [0.15, 0.2) is 0 Å². The topological polar surface area (TPSA) is 72.9 Å². The van der Waals surface area contributed by atoms with E-state index in [0.29, 0.717) is 23.4 Å². The fourth-order valence-electron chi connectivity index (χ4n) is 2.73. The Hall–Kier alpha value is -1.57. The number of rotatable bonds is 6. The molecule has 0 aromatic carbocycles. The van der Waals surface area contributed by atoms with Gasteiger partial charge < -0.3 is 11.1 Å². The first-order chi connectivity index (χ1) is 10.4. The number of nitrogens with one attached hydrogen (secondary N) is 1. The molecular formula is C15H25F3N4O. The lowest BCUT2D eigenvalue weighted by Crippen LogP contribution is -2.52. The van der Waals surface area contributed by atoms with Crippen LogP contribution in [0.2, 0.25) is 0 Å². The van der Waals surface area contributed by atoms with E-state index in [1.165, 1.54) is 0 Å². The summed E-state index contributed by atoms with van der Waals surface area (Å²) in [7, 11) is 0. The molecule has 1 rings (SSSR count). The number of hydrogen-bond donors (Lipinski definition) is 2. The first kappa shape index (κ1) is 19.5. The van der Waals surface area contributed by atoms with Crippen LogP contribution in [-0.2, 0) is 11.3 Å². The molecule has 132 valence electrons. The lowest BCUT2D eigenvalue weighted by molar-refractivity contribution is -0.143. The van der Waals surface area contributed by atoms with Crippen molar-refractivity contribution >= 4 is 5.91 Å². The molecule has 0 aliphatic carbocycles. The standard InChI is InChI=1S/C15H25F3N4O/c1-6-7-14(5,19)13(23)20-9(2)12-10(3)21-22(11(12)4)8-15(16,17)18/h9H,6-8,19H2,1-5H3,(H,20,23). The number of nitrogens with zero attached hydrogens (tertiary/aromatic N) is 2. The molecule has 0 bridgehead atoms. The van der Waals surface area contributed by atoms with E-state index in [-0.39, 0.29) is 5.91 Å². The van der Waals surface area contributed by atoms with Gasteiger partial charge in [-0.25, -0.2) is 0 Å². The highest BCUT2D eigenvalue weighted by molar-refractivity contribution is 5.85. The molecule has 2 atom stereocenters. The minimum atomic E-state index is -4.34. The summed E-state index contributed by atoms with van der Waals surface area (Å²) in [5, 5.41) is 6.72. The lowest BCUT2D eigenvalue weighted by Gasteiger charge is -2.25. The number of alkyl halides is 3. The molecule has 0 radical (unpaired) electrons. The van der Waals surface area contributed by atoms with Crippen LogP contribution >= 0.6 is 0 Å². The van der Waals surface area contributed by atoms with E-state index < -0.39 is 24.3 Å². The number of nitrogens with two attached hydrogens (primary N) is 1. The fourth-order valence-corrected chi connectivity index (χ4v) is 2.73. The minimum absolute atomic E-state index is 0.325. The third kappa shape index (κ3) is 4.95. The van der Waals surface area contributed by atoms with E-state index in [0.717, 1.165) is 11.1 Å². The lowest BCUT2D eigenvalue weighted by atomic mass is 9.95. The largest absolute Gasteiger partial charge is 0.408 e. The van der Waals surface area contributed by atoms with Crippen LogP contribution in [-0.4, -0.2) is 27.4 Å². The van der Waals surface area contributed by atoms with Crippen LogP contribution in [0.25, 0.3) is 0 Å². The molecule has 3 N–H and O–H groups in total. The van der Waals surface area contributed by atoms with Crippen LogP contribution in [0, 0.1) is 13.8 Å². The number of carbonyl (C=O) groups is 1. The van der Waals surface area contributed by atoms with Crippen molar-refractivity contribution in [3.05, 3.63) is 17.0 Å². The maximum absolute atomic E-state index is 12.6. The molecule has 0 aliphatic rings. The van der Waals surface area contributed by atoms with Gasteiger partial charge in [-0.05, 0) is 34.1 Å². The van der Waals surface area contributed by atoms with Crippen LogP contribution in [0.1, 0.15) is 56.6 Å². The monoisotopic (exact) mass is 334 g/mol. The smallest absolute Gasteiger partial charge is 0.348 e. The van der Waals surface area contributed by atoms with Gasteiger partial charge in [0.1, 0.15) is 6.54 Å². The minimum Gasteiger partial charge on any atom is -0.348 e. The summed E-state index contributed by atoms with van der Waals surface area (Å²) in [5.41, 5.74) is 6.42. The number of halogens is 3. The Labute approximate surface area is 134 Å². The Balaban J connectivity index is 2.97. The van der Waals surface area contributed by atoms with Crippen molar-refractivity contribution < 1.29 is 18.0 Å². The molecular weight excluding hydrogens is 309 g/mol. The van der Waals surface area contributed by atoms with E-state index in [9.17, 15) is 18.0 Å². The second-order valence-electron chi connectivity index (χ2n) is 6.22. The zero-order valence-corrected chi connectivity index (χ0v) is 14.2. The number of aromatic nitrogens is 2. The molecule has 1 aromatic rings. The molecule has 5 nitrogen and oxygen atoms in total. The molecule has 0 spiro atoms. The third-order valence-electron chi connectivity index (χ3n) is 3.84. The first-order valence-electron chi connectivity index (χ1n) is 7.59. The molecule has 23 heavy (non-hydrogen) atoms. The first-order valence-corrected chi connectivity index (χ1v) is 7.59. The van der Waals surface area contributed by atoms with Gasteiger partial charge in [-0.1, -0.05) is 13.3 Å². The second-order valence-corrected chi connectivity index (χ2v) is 6.22. The summed E-state index contributed by atoms with van der Waals surface area (Å²) < 4.78 is 38.6. The molecule has 1 heterocycles. The van der Waals surface area contributed by atoms with Gasteiger partial charge in [0, 0.05) is 11.3 Å². The molecule has 0 aliphatic heterocycles. The van der Waals surface area contributed by atoms with Gasteiger partial charge >= 0.3 is 6.18 Å². The van der Waals surface area contributed by atoms with Crippen molar-refractivity contribution in [2.24, 2.45) is 5.73 Å². The highest BCUT2D eigenvalue weighted by Crippen LogP contribution is 2.25. The normalized spacial score (nSPS) is 16.0. The predicted molar refractivity (Wildman–Crippen MR) is 81.8 cm³/mol. The van der Waals surface area contributed by atoms with Gasteiger partial charge in [-0.15, -0.1) is 0 Å². The average molecular weight is 334 g/mol. The molecule has 0 saturated carbocycles. The SMILES string of the molecule is CCCC(C)(N)C(=O)NC(C)c1c(C)nn(CC(F)(F)F)c1C. The molecule has 1 aromatic heterocycles. The van der Waals surface area contributed by atoms with Gasteiger partial charge in [0.25, 0.3) is 0 Å². The number of hydrogen-bond acceptors (Lipinski definition) is 3. The van der Waals surface area contributed by atoms with E-state index in [1.54, 1.807) is 27.7 Å². The van der Waals surface area contributed by atoms with Gasteiger partial charge in [-0.3, -0.25) is 9.48 Å². The highest BCUT2D eigenvalue weighted by atomic mass is 19.4. The number of carbonyl (C=O) groups excluding carboxylic acids is 1. The Kier molecular flexibility index (Phi) is 5.84. The predicted octanol–water partition coefficient (Wildman–Crippen LogP) is 2.76. The average Bonchev–Trinajstić information content (AvgIpc) is 2.61. The molecule has 8 heteroatoms. The van der Waals surface area contributed by atoms with Crippen LogP contribution in [0.3, 0.4) is 0 Å². The summed E-state index contributed by atoms with van der Waals surface area (Å²) in [5.74, 6) is -0.325. The van der Waals surface area contributed by atoms with Crippen LogP contribution in [0.4, 0.5) is 13.2 Å². The zero-order chi connectivity index (χ0) is 18.0. The Morgan fingerprint density at radius 3 is 2.43 bits per heavy atom. The molecule has 2 unspecified atom stereocenters. The summed E-state index contributed by atoms with van der Waals surface area (Å²) >= 11 is 0. The molecule has 0 fully saturated rings. The van der Waals surface area contributed by atoms with Crippen molar-refractivity contribution in [3.63, 3.8) is 0 Å². The zero-order valence-electron chi connectivity index (χ0n) is 14.2. The van der Waals surface area contributed by atoms with Crippen molar-refractivity contribution in [1.29, 1.82) is 0 Å². The van der Waals surface area contributed by atoms with E-state index in [1.807, 2.05) is 6.92 Å². The number of aryl methyl sites for hydroxylation is 1. The van der Waals surface area contributed by atoms with E-state index >= 15 is 0 Å². The van der Waals surface area contributed by atoms with Crippen LogP contribution < -0.4 is 11.1 Å². The summed E-state index contributed by atoms with van der Waals surface area (Å²) in [6.45, 7) is 7.34. The summed E-state index contributed by atoms with van der Waals surface area (Å²) in [4.78, 5) is 12.3.